The van der Waals surface area contributed by atoms with Crippen LogP contribution in [0.15, 0.2) is 41.8 Å². The summed E-state index contributed by atoms with van der Waals surface area (Å²) in [6, 6.07) is 13.9. The van der Waals surface area contributed by atoms with Crippen molar-refractivity contribution in [1.82, 2.24) is 0 Å². The molecule has 0 spiro atoms. The molecule has 2 aromatic rings. The highest BCUT2D eigenvalue weighted by atomic mass is 32.1. The van der Waals surface area contributed by atoms with Crippen molar-refractivity contribution in [3.63, 3.8) is 0 Å². The number of rotatable bonds is 7. The summed E-state index contributed by atoms with van der Waals surface area (Å²) in [6.45, 7) is 4.42. The molecule has 1 heterocycles. The van der Waals surface area contributed by atoms with Gasteiger partial charge in [-0.05, 0) is 48.9 Å². The van der Waals surface area contributed by atoms with Gasteiger partial charge in [-0.3, -0.25) is 0 Å². The summed E-state index contributed by atoms with van der Waals surface area (Å²) in [4.78, 5) is 3.79. The molecular weight excluding hydrogens is 276 g/mol. The van der Waals surface area contributed by atoms with Gasteiger partial charge in [0.25, 0.3) is 0 Å². The molecule has 1 aromatic heterocycles. The summed E-state index contributed by atoms with van der Waals surface area (Å²) in [5.74, 6) is 0. The number of thiophene rings is 1. The molecule has 2 nitrogen and oxygen atoms in total. The monoisotopic (exact) mass is 302 g/mol. The molecule has 114 valence electrons. The summed E-state index contributed by atoms with van der Waals surface area (Å²) in [5.41, 5.74) is 8.62. The van der Waals surface area contributed by atoms with Crippen LogP contribution in [0.25, 0.3) is 0 Å². The Morgan fingerprint density at radius 1 is 1.14 bits per heavy atom. The van der Waals surface area contributed by atoms with Crippen LogP contribution in [-0.2, 0) is 12.8 Å². The van der Waals surface area contributed by atoms with Gasteiger partial charge in [-0.25, -0.2) is 0 Å². The highest BCUT2D eigenvalue weighted by Crippen LogP contribution is 2.20. The first-order valence-corrected chi connectivity index (χ1v) is 8.57. The van der Waals surface area contributed by atoms with E-state index in [2.05, 4.69) is 67.6 Å². The Kier molecular flexibility index (Phi) is 5.83. The highest BCUT2D eigenvalue weighted by molar-refractivity contribution is 7.09. The maximum absolute atomic E-state index is 6.02. The van der Waals surface area contributed by atoms with Crippen molar-refractivity contribution in [2.75, 3.05) is 11.9 Å². The Morgan fingerprint density at radius 3 is 2.43 bits per heavy atom. The van der Waals surface area contributed by atoms with Gasteiger partial charge in [0.15, 0.2) is 0 Å². The van der Waals surface area contributed by atoms with Gasteiger partial charge >= 0.3 is 0 Å². The molecule has 2 unspecified atom stereocenters. The van der Waals surface area contributed by atoms with E-state index < -0.39 is 0 Å². The Balaban J connectivity index is 1.97. The van der Waals surface area contributed by atoms with Crippen LogP contribution in [0, 0.1) is 0 Å². The van der Waals surface area contributed by atoms with Crippen molar-refractivity contribution in [2.45, 2.75) is 45.2 Å². The van der Waals surface area contributed by atoms with Gasteiger partial charge < -0.3 is 10.6 Å². The summed E-state index contributed by atoms with van der Waals surface area (Å²) < 4.78 is 0. The van der Waals surface area contributed by atoms with Gasteiger partial charge in [-0.2, -0.15) is 0 Å². The first kappa shape index (κ1) is 16.1. The van der Waals surface area contributed by atoms with Gasteiger partial charge in [-0.1, -0.05) is 25.1 Å². The Bertz CT molecular complexity index is 519. The van der Waals surface area contributed by atoms with E-state index in [9.17, 15) is 0 Å². The average molecular weight is 302 g/mol. The molecule has 0 amide bonds. The number of benzene rings is 1. The smallest absolute Gasteiger partial charge is 0.0366 e. The second-order valence-electron chi connectivity index (χ2n) is 5.78. The lowest BCUT2D eigenvalue weighted by Crippen LogP contribution is -2.30. The molecule has 0 aliphatic heterocycles. The molecule has 0 aliphatic rings. The van der Waals surface area contributed by atoms with Crippen LogP contribution in [0.4, 0.5) is 5.69 Å². The van der Waals surface area contributed by atoms with Crippen LogP contribution in [0.2, 0.25) is 0 Å². The number of hydrogen-bond donors (Lipinski definition) is 1. The van der Waals surface area contributed by atoms with Crippen molar-refractivity contribution < 1.29 is 0 Å². The average Bonchev–Trinajstić information content (AvgIpc) is 3.00. The van der Waals surface area contributed by atoms with Gasteiger partial charge in [0.1, 0.15) is 0 Å². The van der Waals surface area contributed by atoms with Crippen LogP contribution in [0.3, 0.4) is 0 Å². The molecule has 0 saturated heterocycles. The zero-order valence-corrected chi connectivity index (χ0v) is 14.1. The molecule has 0 bridgehead atoms. The van der Waals surface area contributed by atoms with Crippen molar-refractivity contribution >= 4 is 17.0 Å². The fraction of sp³-hybridized carbons (Fsp3) is 0.444. The van der Waals surface area contributed by atoms with Crippen molar-refractivity contribution in [3.8, 4) is 0 Å². The van der Waals surface area contributed by atoms with Gasteiger partial charge in [0.2, 0.25) is 0 Å². The molecule has 3 heteroatoms. The predicted octanol–water partition coefficient (Wildman–Crippen LogP) is 4.10. The molecule has 2 atom stereocenters. The fourth-order valence-corrected chi connectivity index (χ4v) is 3.25. The van der Waals surface area contributed by atoms with Crippen LogP contribution < -0.4 is 10.6 Å². The van der Waals surface area contributed by atoms with E-state index in [4.69, 9.17) is 5.73 Å². The Hall–Kier alpha value is -1.32. The molecule has 0 fully saturated rings. The fourth-order valence-electron chi connectivity index (χ4n) is 2.43. The van der Waals surface area contributed by atoms with Crippen LogP contribution in [-0.4, -0.2) is 19.1 Å². The molecule has 0 aliphatic carbocycles. The van der Waals surface area contributed by atoms with E-state index in [0.29, 0.717) is 6.04 Å². The van der Waals surface area contributed by atoms with E-state index in [1.165, 1.54) is 16.1 Å². The van der Waals surface area contributed by atoms with Crippen molar-refractivity contribution in [1.29, 1.82) is 0 Å². The third-order valence-electron chi connectivity index (χ3n) is 4.10. The van der Waals surface area contributed by atoms with Gasteiger partial charge in [-0.15, -0.1) is 11.3 Å². The maximum atomic E-state index is 6.02. The molecule has 2 rings (SSSR count). The molecule has 2 N–H and O–H groups in total. The first-order chi connectivity index (χ1) is 10.1. The van der Waals surface area contributed by atoms with Crippen LogP contribution >= 0.6 is 11.3 Å². The quantitative estimate of drug-likeness (QED) is 0.834. The third-order valence-corrected chi connectivity index (χ3v) is 5.00. The largest absolute Gasteiger partial charge is 0.372 e. The van der Waals surface area contributed by atoms with Gasteiger partial charge in [0, 0.05) is 36.1 Å². The lowest BCUT2D eigenvalue weighted by molar-refractivity contribution is 0.646. The Labute approximate surface area is 132 Å². The van der Waals surface area contributed by atoms with E-state index in [-0.39, 0.29) is 6.04 Å². The van der Waals surface area contributed by atoms with E-state index in [1.54, 1.807) is 0 Å². The van der Waals surface area contributed by atoms with Gasteiger partial charge in [0.05, 0.1) is 0 Å². The summed E-state index contributed by atoms with van der Waals surface area (Å²) in [5, 5.41) is 2.15. The second-order valence-corrected chi connectivity index (χ2v) is 6.81. The maximum Gasteiger partial charge on any atom is 0.0366 e. The molecular formula is C18H26N2S. The minimum Gasteiger partial charge on any atom is -0.372 e. The molecule has 21 heavy (non-hydrogen) atoms. The lowest BCUT2D eigenvalue weighted by Gasteiger charge is -2.27. The summed E-state index contributed by atoms with van der Waals surface area (Å²) >= 11 is 1.84. The zero-order chi connectivity index (χ0) is 15.2. The summed E-state index contributed by atoms with van der Waals surface area (Å²) in [6.07, 6.45) is 3.08. The minimum absolute atomic E-state index is 0.270. The van der Waals surface area contributed by atoms with Crippen molar-refractivity contribution in [3.05, 3.63) is 52.2 Å². The van der Waals surface area contributed by atoms with Crippen molar-refractivity contribution in [2.24, 2.45) is 5.73 Å². The van der Waals surface area contributed by atoms with E-state index >= 15 is 0 Å². The second kappa shape index (κ2) is 7.62. The molecule has 1 aromatic carbocycles. The summed E-state index contributed by atoms with van der Waals surface area (Å²) in [7, 11) is 2.17. The first-order valence-electron chi connectivity index (χ1n) is 7.70. The zero-order valence-electron chi connectivity index (χ0n) is 13.3. The third kappa shape index (κ3) is 4.58. The lowest BCUT2D eigenvalue weighted by atomic mass is 10.0. The number of likely N-dealkylation sites (N-methyl/N-ethyl adjacent to an activating group) is 1. The van der Waals surface area contributed by atoms with E-state index in [0.717, 1.165) is 19.3 Å². The number of anilines is 1. The minimum atomic E-state index is 0.270. The van der Waals surface area contributed by atoms with Crippen LogP contribution in [0.5, 0.6) is 0 Å². The van der Waals surface area contributed by atoms with E-state index in [1.807, 2.05) is 11.3 Å². The topological polar surface area (TPSA) is 29.3 Å². The predicted molar refractivity (Wildman–Crippen MR) is 94.3 cm³/mol. The standard InChI is InChI=1S/C18H26N2S/c1-4-16(19)13-15-7-9-17(10-8-15)20(3)14(2)12-18-6-5-11-21-18/h5-11,14,16H,4,12-13,19H2,1-3H3. The molecule has 0 radical (unpaired) electrons. The Morgan fingerprint density at radius 2 is 1.86 bits per heavy atom. The highest BCUT2D eigenvalue weighted by Gasteiger charge is 2.11. The molecule has 0 saturated carbocycles. The number of nitrogens with two attached hydrogens (primary N) is 1. The SMILES string of the molecule is CCC(N)Cc1ccc(N(C)C(C)Cc2cccs2)cc1. The number of hydrogen-bond acceptors (Lipinski definition) is 3. The van der Waals surface area contributed by atoms with Crippen LogP contribution in [0.1, 0.15) is 30.7 Å². The number of nitrogens with zero attached hydrogens (tertiary/aromatic N) is 1. The normalized spacial score (nSPS) is 13.9.